The summed E-state index contributed by atoms with van der Waals surface area (Å²) in [5.74, 6) is 0.827. The summed E-state index contributed by atoms with van der Waals surface area (Å²) in [6, 6.07) is 9.34. The van der Waals surface area contributed by atoms with E-state index in [1.54, 1.807) is 12.1 Å². The number of ether oxygens (including phenoxy) is 2. The maximum Gasteiger partial charge on any atom is 0.119 e. The lowest BCUT2D eigenvalue weighted by molar-refractivity contribution is -0.0686. The molecule has 1 aromatic carbocycles. The van der Waals surface area contributed by atoms with E-state index in [4.69, 9.17) is 14.7 Å². The summed E-state index contributed by atoms with van der Waals surface area (Å²) in [5.41, 5.74) is 0.661. The fourth-order valence-corrected chi connectivity index (χ4v) is 2.57. The Kier molecular flexibility index (Phi) is 7.52. The average Bonchev–Trinajstić information content (AvgIpc) is 2.43. The Morgan fingerprint density at radius 2 is 1.86 bits per heavy atom. The summed E-state index contributed by atoms with van der Waals surface area (Å²) in [7, 11) is 0. The van der Waals surface area contributed by atoms with Crippen LogP contribution in [0, 0.1) is 11.3 Å². The number of morpholine rings is 1. The highest BCUT2D eigenvalue weighted by atomic mass is 35.5. The third-order valence-electron chi connectivity index (χ3n) is 3.37. The third kappa shape index (κ3) is 5.92. The van der Waals surface area contributed by atoms with Gasteiger partial charge >= 0.3 is 0 Å². The minimum absolute atomic E-state index is 0. The molecule has 1 aliphatic heterocycles. The first-order valence-electron chi connectivity index (χ1n) is 7.18. The summed E-state index contributed by atoms with van der Waals surface area (Å²) in [6.45, 7) is 7.98. The SMILES string of the molecule is CC1CN(CCCOc2ccc(C#N)cc2)CC(C)O1.Cl. The molecule has 0 aliphatic carbocycles. The molecule has 0 spiro atoms. The van der Waals surface area contributed by atoms with Crippen molar-refractivity contribution in [3.05, 3.63) is 29.8 Å². The third-order valence-corrected chi connectivity index (χ3v) is 3.37. The van der Waals surface area contributed by atoms with E-state index in [1.165, 1.54) is 0 Å². The molecule has 0 aromatic heterocycles. The van der Waals surface area contributed by atoms with Crippen molar-refractivity contribution in [2.75, 3.05) is 26.2 Å². The molecule has 0 bridgehead atoms. The van der Waals surface area contributed by atoms with Crippen LogP contribution in [-0.4, -0.2) is 43.3 Å². The predicted molar refractivity (Wildman–Crippen MR) is 85.0 cm³/mol. The highest BCUT2D eigenvalue weighted by Gasteiger charge is 2.21. The highest BCUT2D eigenvalue weighted by molar-refractivity contribution is 5.85. The number of halogens is 1. The molecule has 1 aliphatic rings. The summed E-state index contributed by atoms with van der Waals surface area (Å²) in [6.07, 6.45) is 1.63. The van der Waals surface area contributed by atoms with E-state index >= 15 is 0 Å². The molecule has 0 radical (unpaired) electrons. The van der Waals surface area contributed by atoms with E-state index in [-0.39, 0.29) is 12.4 Å². The molecule has 5 heteroatoms. The van der Waals surface area contributed by atoms with Crippen molar-refractivity contribution in [3.8, 4) is 11.8 Å². The van der Waals surface area contributed by atoms with Crippen molar-refractivity contribution in [3.63, 3.8) is 0 Å². The van der Waals surface area contributed by atoms with Crippen LogP contribution in [0.1, 0.15) is 25.8 Å². The molecule has 1 saturated heterocycles. The Morgan fingerprint density at radius 1 is 1.24 bits per heavy atom. The lowest BCUT2D eigenvalue weighted by Gasteiger charge is -2.35. The molecule has 2 atom stereocenters. The van der Waals surface area contributed by atoms with Gasteiger partial charge in [0.15, 0.2) is 0 Å². The second kappa shape index (κ2) is 8.89. The smallest absolute Gasteiger partial charge is 0.119 e. The van der Waals surface area contributed by atoms with Crippen molar-refractivity contribution < 1.29 is 9.47 Å². The second-order valence-corrected chi connectivity index (χ2v) is 5.36. The molecule has 0 N–H and O–H groups in total. The van der Waals surface area contributed by atoms with Crippen LogP contribution < -0.4 is 4.74 Å². The molecule has 0 saturated carbocycles. The van der Waals surface area contributed by atoms with Crippen LogP contribution in [0.3, 0.4) is 0 Å². The molecule has 116 valence electrons. The van der Waals surface area contributed by atoms with Gasteiger partial charge in [0.2, 0.25) is 0 Å². The number of benzene rings is 1. The summed E-state index contributed by atoms with van der Waals surface area (Å²) >= 11 is 0. The van der Waals surface area contributed by atoms with Gasteiger partial charge in [0.25, 0.3) is 0 Å². The number of rotatable bonds is 5. The van der Waals surface area contributed by atoms with Crippen molar-refractivity contribution in [2.45, 2.75) is 32.5 Å². The van der Waals surface area contributed by atoms with Gasteiger partial charge in [-0.25, -0.2) is 0 Å². The van der Waals surface area contributed by atoms with Crippen LogP contribution in [0.2, 0.25) is 0 Å². The summed E-state index contributed by atoms with van der Waals surface area (Å²) < 4.78 is 11.4. The van der Waals surface area contributed by atoms with E-state index < -0.39 is 0 Å². The number of nitriles is 1. The van der Waals surface area contributed by atoms with Gasteiger partial charge in [-0.2, -0.15) is 5.26 Å². The molecular weight excluding hydrogens is 288 g/mol. The maximum atomic E-state index is 8.72. The van der Waals surface area contributed by atoms with Crippen LogP contribution in [0.4, 0.5) is 0 Å². The molecule has 21 heavy (non-hydrogen) atoms. The van der Waals surface area contributed by atoms with Crippen LogP contribution in [0.5, 0.6) is 5.75 Å². The predicted octanol–water partition coefficient (Wildman–Crippen LogP) is 2.86. The van der Waals surface area contributed by atoms with Crippen LogP contribution >= 0.6 is 12.4 Å². The van der Waals surface area contributed by atoms with E-state index in [1.807, 2.05) is 12.1 Å². The molecule has 2 unspecified atom stereocenters. The molecule has 4 nitrogen and oxygen atoms in total. The zero-order valence-electron chi connectivity index (χ0n) is 12.6. The van der Waals surface area contributed by atoms with E-state index in [2.05, 4.69) is 24.8 Å². The minimum atomic E-state index is 0. The molecule has 1 fully saturated rings. The van der Waals surface area contributed by atoms with Crippen molar-refractivity contribution in [1.82, 2.24) is 4.90 Å². The van der Waals surface area contributed by atoms with Crippen molar-refractivity contribution in [1.29, 1.82) is 5.26 Å². The Hall–Kier alpha value is -1.28. The first-order chi connectivity index (χ1) is 9.67. The molecule has 0 amide bonds. The topological polar surface area (TPSA) is 45.5 Å². The van der Waals surface area contributed by atoms with Gasteiger partial charge < -0.3 is 9.47 Å². The van der Waals surface area contributed by atoms with Crippen LogP contribution in [-0.2, 0) is 4.74 Å². The quantitative estimate of drug-likeness (QED) is 0.785. The van der Waals surface area contributed by atoms with Gasteiger partial charge in [-0.3, -0.25) is 4.90 Å². The van der Waals surface area contributed by atoms with Crippen molar-refractivity contribution in [2.24, 2.45) is 0 Å². The zero-order chi connectivity index (χ0) is 14.4. The normalized spacial score (nSPS) is 22.1. The minimum Gasteiger partial charge on any atom is -0.494 e. The summed E-state index contributed by atoms with van der Waals surface area (Å²) in [4.78, 5) is 2.43. The Morgan fingerprint density at radius 3 is 2.43 bits per heavy atom. The first-order valence-corrected chi connectivity index (χ1v) is 7.18. The van der Waals surface area contributed by atoms with E-state index in [0.29, 0.717) is 24.4 Å². The first kappa shape index (κ1) is 17.8. The molecule has 2 rings (SSSR count). The Balaban J connectivity index is 0.00000220. The van der Waals surface area contributed by atoms with Crippen molar-refractivity contribution >= 4 is 12.4 Å². The van der Waals surface area contributed by atoms with Gasteiger partial charge in [0, 0.05) is 19.6 Å². The molecule has 1 aromatic rings. The molecule has 1 heterocycles. The number of hydrogen-bond acceptors (Lipinski definition) is 4. The fourth-order valence-electron chi connectivity index (χ4n) is 2.57. The Bertz CT molecular complexity index is 448. The monoisotopic (exact) mass is 310 g/mol. The lowest BCUT2D eigenvalue weighted by atomic mass is 10.2. The fraction of sp³-hybridized carbons (Fsp3) is 0.562. The number of nitrogens with zero attached hydrogens (tertiary/aromatic N) is 2. The van der Waals surface area contributed by atoms with Gasteiger partial charge in [0.1, 0.15) is 5.75 Å². The number of hydrogen-bond donors (Lipinski definition) is 0. The zero-order valence-corrected chi connectivity index (χ0v) is 13.4. The van der Waals surface area contributed by atoms with Crippen LogP contribution in [0.15, 0.2) is 24.3 Å². The van der Waals surface area contributed by atoms with Gasteiger partial charge in [-0.1, -0.05) is 0 Å². The maximum absolute atomic E-state index is 8.72. The van der Waals surface area contributed by atoms with E-state index in [9.17, 15) is 0 Å². The largest absolute Gasteiger partial charge is 0.494 e. The van der Waals surface area contributed by atoms with Gasteiger partial charge in [0.05, 0.1) is 30.4 Å². The van der Waals surface area contributed by atoms with Gasteiger partial charge in [-0.15, -0.1) is 12.4 Å². The Labute approximate surface area is 133 Å². The standard InChI is InChI=1S/C16H22N2O2.ClH/c1-13-11-18(12-14(2)20-13)8-3-9-19-16-6-4-15(10-17)5-7-16;/h4-7,13-14H,3,8-9,11-12H2,1-2H3;1H. The molecular formula is C16H23ClN2O2. The second-order valence-electron chi connectivity index (χ2n) is 5.36. The van der Waals surface area contributed by atoms with E-state index in [0.717, 1.165) is 31.8 Å². The summed E-state index contributed by atoms with van der Waals surface area (Å²) in [5, 5.41) is 8.72. The highest BCUT2D eigenvalue weighted by Crippen LogP contribution is 2.13. The van der Waals surface area contributed by atoms with Crippen LogP contribution in [0.25, 0.3) is 0 Å². The average molecular weight is 311 g/mol. The van der Waals surface area contributed by atoms with Gasteiger partial charge in [-0.05, 0) is 44.5 Å². The lowest BCUT2D eigenvalue weighted by Crippen LogP contribution is -2.45.